The molecule has 0 aromatic carbocycles. The van der Waals surface area contributed by atoms with Crippen molar-refractivity contribution in [1.82, 2.24) is 15.1 Å². The van der Waals surface area contributed by atoms with Crippen molar-refractivity contribution in [2.45, 2.75) is 12.8 Å². The minimum Gasteiger partial charge on any atom is -0.346 e. The van der Waals surface area contributed by atoms with Gasteiger partial charge in [0.05, 0.1) is 6.54 Å². The molecule has 0 aromatic heterocycles. The standard InChI is InChI=1S/C10H18N4O3/c1-13(5-2-4-11)8(15)3-6-14-9(16)7-12-10(14)17/h2-7,11H2,1H3,(H,12,17). The Morgan fingerprint density at radius 3 is 2.76 bits per heavy atom. The highest BCUT2D eigenvalue weighted by Crippen LogP contribution is 2.02. The van der Waals surface area contributed by atoms with E-state index in [0.717, 1.165) is 11.3 Å². The van der Waals surface area contributed by atoms with Crippen LogP contribution in [0.5, 0.6) is 0 Å². The minimum absolute atomic E-state index is 0.0238. The first-order chi connectivity index (χ1) is 8.06. The summed E-state index contributed by atoms with van der Waals surface area (Å²) in [6, 6.07) is -0.424. The number of amides is 4. The molecule has 0 atom stereocenters. The molecule has 0 aromatic rings. The minimum atomic E-state index is -0.424. The molecule has 1 aliphatic heterocycles. The van der Waals surface area contributed by atoms with Gasteiger partial charge in [-0.05, 0) is 13.0 Å². The number of carbonyl (C=O) groups excluding carboxylic acids is 3. The van der Waals surface area contributed by atoms with E-state index in [-0.39, 0.29) is 31.3 Å². The Bertz CT molecular complexity index is 303. The van der Waals surface area contributed by atoms with Crippen LogP contribution in [0.15, 0.2) is 0 Å². The first kappa shape index (κ1) is 13.4. The Balaban J connectivity index is 2.32. The zero-order chi connectivity index (χ0) is 12.8. The van der Waals surface area contributed by atoms with E-state index in [2.05, 4.69) is 5.32 Å². The first-order valence-electron chi connectivity index (χ1n) is 5.58. The maximum atomic E-state index is 11.6. The monoisotopic (exact) mass is 242 g/mol. The Morgan fingerprint density at radius 1 is 1.53 bits per heavy atom. The van der Waals surface area contributed by atoms with Gasteiger partial charge in [0.2, 0.25) is 11.8 Å². The van der Waals surface area contributed by atoms with Crippen molar-refractivity contribution >= 4 is 17.8 Å². The molecule has 7 heteroatoms. The summed E-state index contributed by atoms with van der Waals surface area (Å²) in [5.74, 6) is -0.377. The number of nitrogens with one attached hydrogen (secondary N) is 1. The van der Waals surface area contributed by atoms with E-state index in [1.807, 2.05) is 0 Å². The van der Waals surface area contributed by atoms with Crippen LogP contribution >= 0.6 is 0 Å². The van der Waals surface area contributed by atoms with Crippen LogP contribution in [0.1, 0.15) is 12.8 Å². The lowest BCUT2D eigenvalue weighted by molar-refractivity contribution is -0.130. The molecule has 4 amide bonds. The second kappa shape index (κ2) is 6.19. The Kier molecular flexibility index (Phi) is 4.89. The third-order valence-corrected chi connectivity index (χ3v) is 2.61. The summed E-state index contributed by atoms with van der Waals surface area (Å²) in [6.07, 6.45) is 0.894. The van der Waals surface area contributed by atoms with E-state index in [1.54, 1.807) is 11.9 Å². The first-order valence-corrected chi connectivity index (χ1v) is 5.58. The second-order valence-electron chi connectivity index (χ2n) is 3.91. The molecule has 7 nitrogen and oxygen atoms in total. The predicted octanol–water partition coefficient (Wildman–Crippen LogP) is -1.26. The van der Waals surface area contributed by atoms with Gasteiger partial charge in [-0.2, -0.15) is 0 Å². The number of rotatable bonds is 6. The molecule has 1 fully saturated rings. The van der Waals surface area contributed by atoms with Crippen LogP contribution in [0.3, 0.4) is 0 Å². The number of hydrogen-bond acceptors (Lipinski definition) is 4. The highest BCUT2D eigenvalue weighted by atomic mass is 16.2. The van der Waals surface area contributed by atoms with E-state index >= 15 is 0 Å². The van der Waals surface area contributed by atoms with Crippen LogP contribution in [0, 0.1) is 0 Å². The summed E-state index contributed by atoms with van der Waals surface area (Å²) < 4.78 is 0. The van der Waals surface area contributed by atoms with Gasteiger partial charge in [-0.1, -0.05) is 0 Å². The molecular weight excluding hydrogens is 224 g/mol. The lowest BCUT2D eigenvalue weighted by Crippen LogP contribution is -2.36. The van der Waals surface area contributed by atoms with Crippen molar-refractivity contribution in [3.8, 4) is 0 Å². The van der Waals surface area contributed by atoms with Crippen LogP contribution in [0.25, 0.3) is 0 Å². The van der Waals surface area contributed by atoms with Gasteiger partial charge in [0.25, 0.3) is 0 Å². The van der Waals surface area contributed by atoms with E-state index in [4.69, 9.17) is 5.73 Å². The fraction of sp³-hybridized carbons (Fsp3) is 0.700. The molecule has 0 radical (unpaired) electrons. The summed E-state index contributed by atoms with van der Waals surface area (Å²) in [4.78, 5) is 36.7. The van der Waals surface area contributed by atoms with Crippen molar-refractivity contribution in [1.29, 1.82) is 0 Å². The molecule has 1 saturated heterocycles. The molecule has 1 heterocycles. The average Bonchev–Trinajstić information content (AvgIpc) is 2.63. The summed E-state index contributed by atoms with van der Waals surface area (Å²) in [5, 5.41) is 2.40. The number of imide groups is 1. The molecule has 1 rings (SSSR count). The zero-order valence-electron chi connectivity index (χ0n) is 9.94. The summed E-state index contributed by atoms with van der Waals surface area (Å²) >= 11 is 0. The molecular formula is C10H18N4O3. The van der Waals surface area contributed by atoms with Crippen LogP contribution in [-0.2, 0) is 9.59 Å². The number of nitrogens with zero attached hydrogens (tertiary/aromatic N) is 2. The smallest absolute Gasteiger partial charge is 0.324 e. The fourth-order valence-corrected chi connectivity index (χ4v) is 1.53. The third kappa shape index (κ3) is 3.70. The van der Waals surface area contributed by atoms with Gasteiger partial charge in [0.15, 0.2) is 0 Å². The second-order valence-corrected chi connectivity index (χ2v) is 3.91. The molecule has 0 unspecified atom stereocenters. The number of urea groups is 1. The SMILES string of the molecule is CN(CCCN)C(=O)CCN1C(=O)CNC1=O. The van der Waals surface area contributed by atoms with Crippen molar-refractivity contribution < 1.29 is 14.4 Å². The summed E-state index contributed by atoms with van der Waals surface area (Å²) in [6.45, 7) is 1.28. The highest BCUT2D eigenvalue weighted by Gasteiger charge is 2.28. The van der Waals surface area contributed by atoms with Gasteiger partial charge in [-0.15, -0.1) is 0 Å². The maximum absolute atomic E-state index is 11.6. The van der Waals surface area contributed by atoms with E-state index in [9.17, 15) is 14.4 Å². The van der Waals surface area contributed by atoms with Gasteiger partial charge in [0.1, 0.15) is 0 Å². The van der Waals surface area contributed by atoms with Crippen LogP contribution in [0.4, 0.5) is 4.79 Å². The summed E-state index contributed by atoms with van der Waals surface area (Å²) in [5.41, 5.74) is 5.34. The quantitative estimate of drug-likeness (QED) is 0.568. The van der Waals surface area contributed by atoms with Gasteiger partial charge in [-0.3, -0.25) is 14.5 Å². The Hall–Kier alpha value is -1.63. The largest absolute Gasteiger partial charge is 0.346 e. The molecule has 0 spiro atoms. The van der Waals surface area contributed by atoms with Gasteiger partial charge >= 0.3 is 6.03 Å². The maximum Gasteiger partial charge on any atom is 0.324 e. The zero-order valence-corrected chi connectivity index (χ0v) is 9.94. The van der Waals surface area contributed by atoms with Crippen LogP contribution in [-0.4, -0.2) is 60.9 Å². The molecule has 1 aliphatic rings. The van der Waals surface area contributed by atoms with Gasteiger partial charge in [-0.25, -0.2) is 4.79 Å². The Labute approximate surface area is 99.9 Å². The van der Waals surface area contributed by atoms with E-state index in [0.29, 0.717) is 13.1 Å². The number of carbonyl (C=O) groups is 3. The van der Waals surface area contributed by atoms with Gasteiger partial charge in [0, 0.05) is 26.6 Å². The van der Waals surface area contributed by atoms with Crippen molar-refractivity contribution in [3.05, 3.63) is 0 Å². The van der Waals surface area contributed by atoms with Crippen LogP contribution < -0.4 is 11.1 Å². The highest BCUT2D eigenvalue weighted by molar-refractivity contribution is 6.02. The molecule has 0 saturated carbocycles. The molecule has 3 N–H and O–H groups in total. The number of nitrogens with two attached hydrogens (primary N) is 1. The molecule has 0 bridgehead atoms. The topological polar surface area (TPSA) is 95.7 Å². The third-order valence-electron chi connectivity index (χ3n) is 2.61. The van der Waals surface area contributed by atoms with Crippen molar-refractivity contribution in [2.75, 3.05) is 33.2 Å². The fourth-order valence-electron chi connectivity index (χ4n) is 1.53. The van der Waals surface area contributed by atoms with Crippen LogP contribution in [0.2, 0.25) is 0 Å². The lowest BCUT2D eigenvalue weighted by atomic mass is 10.3. The average molecular weight is 242 g/mol. The normalized spacial score (nSPS) is 15.1. The molecule has 17 heavy (non-hydrogen) atoms. The van der Waals surface area contributed by atoms with Gasteiger partial charge < -0.3 is 16.0 Å². The molecule has 96 valence electrons. The predicted molar refractivity (Wildman–Crippen MR) is 61.0 cm³/mol. The van der Waals surface area contributed by atoms with E-state index < -0.39 is 6.03 Å². The number of hydrogen-bond donors (Lipinski definition) is 2. The molecule has 0 aliphatic carbocycles. The van der Waals surface area contributed by atoms with E-state index in [1.165, 1.54) is 0 Å². The van der Waals surface area contributed by atoms with Crippen molar-refractivity contribution in [3.63, 3.8) is 0 Å². The Morgan fingerprint density at radius 2 is 2.24 bits per heavy atom. The lowest BCUT2D eigenvalue weighted by Gasteiger charge is -2.18. The summed E-state index contributed by atoms with van der Waals surface area (Å²) in [7, 11) is 1.68. The van der Waals surface area contributed by atoms with Crippen molar-refractivity contribution in [2.24, 2.45) is 5.73 Å².